The molecule has 0 amide bonds. The normalized spacial score (nSPS) is 20.0. The highest BCUT2D eigenvalue weighted by molar-refractivity contribution is 9.09. The van der Waals surface area contributed by atoms with Gasteiger partial charge < -0.3 is 0 Å². The molecule has 0 aliphatic heterocycles. The van der Waals surface area contributed by atoms with Crippen molar-refractivity contribution in [2.45, 2.75) is 64.7 Å². The summed E-state index contributed by atoms with van der Waals surface area (Å²) >= 11 is 5.60. The van der Waals surface area contributed by atoms with Crippen LogP contribution in [0.5, 0.6) is 0 Å². The minimum Gasteiger partial charge on any atom is -0.246 e. The van der Waals surface area contributed by atoms with Gasteiger partial charge in [-0.15, -0.1) is 11.3 Å². The van der Waals surface area contributed by atoms with E-state index < -0.39 is 0 Å². The zero-order valence-corrected chi connectivity index (χ0v) is 14.2. The Morgan fingerprint density at radius 3 is 2.44 bits per heavy atom. The third-order valence-electron chi connectivity index (χ3n) is 4.04. The van der Waals surface area contributed by atoms with Gasteiger partial charge in [0.05, 0.1) is 10.7 Å². The molecule has 3 heteroatoms. The van der Waals surface area contributed by atoms with Crippen LogP contribution in [0.25, 0.3) is 0 Å². The molecule has 1 aliphatic carbocycles. The molecule has 0 spiro atoms. The maximum atomic E-state index is 4.87. The Balaban J connectivity index is 2.10. The Kier molecular flexibility index (Phi) is 4.53. The number of thiazole rings is 1. The summed E-state index contributed by atoms with van der Waals surface area (Å²) in [5.41, 5.74) is 1.91. The van der Waals surface area contributed by atoms with E-state index in [9.17, 15) is 0 Å². The molecule has 0 bridgehead atoms. The highest BCUT2D eigenvalue weighted by atomic mass is 79.9. The first-order valence-corrected chi connectivity index (χ1v) is 8.96. The van der Waals surface area contributed by atoms with Crippen molar-refractivity contribution >= 4 is 27.3 Å². The van der Waals surface area contributed by atoms with Crippen LogP contribution in [0.3, 0.4) is 0 Å². The zero-order chi connectivity index (χ0) is 13.2. The molecule has 0 saturated heterocycles. The molecule has 18 heavy (non-hydrogen) atoms. The number of aromatic nitrogens is 1. The molecule has 0 N–H and O–H groups in total. The van der Waals surface area contributed by atoms with E-state index in [1.54, 1.807) is 0 Å². The van der Waals surface area contributed by atoms with Gasteiger partial charge in [-0.25, -0.2) is 4.98 Å². The largest absolute Gasteiger partial charge is 0.246 e. The molecule has 1 fully saturated rings. The van der Waals surface area contributed by atoms with Crippen LogP contribution in [-0.2, 0) is 11.8 Å². The number of alkyl halides is 1. The summed E-state index contributed by atoms with van der Waals surface area (Å²) in [5.74, 6) is 0. The summed E-state index contributed by atoms with van der Waals surface area (Å²) in [4.78, 5) is 4.87. The van der Waals surface area contributed by atoms with E-state index in [1.165, 1.54) is 49.2 Å². The molecular formula is C15H24BrNS. The average Bonchev–Trinajstić information content (AvgIpc) is 2.78. The lowest BCUT2D eigenvalue weighted by atomic mass is 9.73. The van der Waals surface area contributed by atoms with Crippen LogP contribution >= 0.6 is 27.3 Å². The van der Waals surface area contributed by atoms with Crippen molar-refractivity contribution in [3.63, 3.8) is 0 Å². The molecule has 1 aromatic heterocycles. The summed E-state index contributed by atoms with van der Waals surface area (Å²) in [6, 6.07) is 0. The van der Waals surface area contributed by atoms with Gasteiger partial charge >= 0.3 is 0 Å². The predicted molar refractivity (Wildman–Crippen MR) is 83.8 cm³/mol. The lowest BCUT2D eigenvalue weighted by Gasteiger charge is -2.35. The Bertz CT molecular complexity index is 385. The highest BCUT2D eigenvalue weighted by Crippen LogP contribution is 2.41. The summed E-state index contributed by atoms with van der Waals surface area (Å²) < 4.78 is 0. The Hall–Kier alpha value is 0.110. The fourth-order valence-electron chi connectivity index (χ4n) is 2.72. The highest BCUT2D eigenvalue weighted by Gasteiger charge is 2.32. The van der Waals surface area contributed by atoms with Gasteiger partial charge in [-0.3, -0.25) is 0 Å². The van der Waals surface area contributed by atoms with Gasteiger partial charge in [0.15, 0.2) is 0 Å². The number of rotatable bonds is 3. The van der Waals surface area contributed by atoms with E-state index in [0.717, 1.165) is 5.33 Å². The number of halogens is 1. The average molecular weight is 330 g/mol. The van der Waals surface area contributed by atoms with E-state index in [1.807, 2.05) is 11.3 Å². The van der Waals surface area contributed by atoms with Gasteiger partial charge in [0.1, 0.15) is 0 Å². The summed E-state index contributed by atoms with van der Waals surface area (Å²) in [6.07, 6.45) is 8.09. The molecule has 1 nitrogen and oxygen atoms in total. The first-order valence-electron chi connectivity index (χ1n) is 6.96. The van der Waals surface area contributed by atoms with Crippen molar-refractivity contribution in [3.05, 3.63) is 16.1 Å². The zero-order valence-electron chi connectivity index (χ0n) is 11.8. The second-order valence-corrected chi connectivity index (χ2v) is 8.25. The smallest absolute Gasteiger partial charge is 0.0934 e. The molecule has 1 aromatic rings. The SMILES string of the molecule is CC(C)(C)c1csc(CC2(CBr)CCCCC2)n1. The summed E-state index contributed by atoms with van der Waals surface area (Å²) in [5, 5.41) is 4.71. The van der Waals surface area contributed by atoms with Crippen LogP contribution < -0.4 is 0 Å². The fraction of sp³-hybridized carbons (Fsp3) is 0.800. The van der Waals surface area contributed by atoms with Crippen molar-refractivity contribution in [1.82, 2.24) is 4.98 Å². The van der Waals surface area contributed by atoms with Crippen LogP contribution in [0.4, 0.5) is 0 Å². The van der Waals surface area contributed by atoms with Crippen molar-refractivity contribution < 1.29 is 0 Å². The van der Waals surface area contributed by atoms with Crippen LogP contribution in [0, 0.1) is 5.41 Å². The first-order chi connectivity index (χ1) is 8.45. The Labute approximate surface area is 124 Å². The van der Waals surface area contributed by atoms with E-state index in [2.05, 4.69) is 42.1 Å². The first kappa shape index (κ1) is 14.5. The van der Waals surface area contributed by atoms with Gasteiger partial charge in [0.2, 0.25) is 0 Å². The third kappa shape index (κ3) is 3.36. The van der Waals surface area contributed by atoms with Crippen molar-refractivity contribution in [2.24, 2.45) is 5.41 Å². The molecule has 1 heterocycles. The van der Waals surface area contributed by atoms with Gasteiger partial charge in [-0.1, -0.05) is 56.0 Å². The molecule has 2 rings (SSSR count). The van der Waals surface area contributed by atoms with Gasteiger partial charge in [-0.05, 0) is 18.3 Å². The minimum atomic E-state index is 0.183. The molecular weight excluding hydrogens is 306 g/mol. The van der Waals surface area contributed by atoms with E-state index >= 15 is 0 Å². The second kappa shape index (κ2) is 5.62. The standard InChI is InChI=1S/C15H24BrNS/c1-14(2,3)12-10-18-13(17-12)9-15(11-16)7-5-4-6-8-15/h10H,4-9,11H2,1-3H3. The van der Waals surface area contributed by atoms with Crippen LogP contribution in [0.2, 0.25) is 0 Å². The Morgan fingerprint density at radius 1 is 1.28 bits per heavy atom. The lowest BCUT2D eigenvalue weighted by Crippen LogP contribution is -2.28. The summed E-state index contributed by atoms with van der Waals surface area (Å²) in [7, 11) is 0. The molecule has 102 valence electrons. The van der Waals surface area contributed by atoms with Gasteiger partial charge in [-0.2, -0.15) is 0 Å². The molecule has 0 aromatic carbocycles. The minimum absolute atomic E-state index is 0.183. The van der Waals surface area contributed by atoms with E-state index in [-0.39, 0.29) is 5.41 Å². The maximum Gasteiger partial charge on any atom is 0.0934 e. The second-order valence-electron chi connectivity index (χ2n) is 6.75. The lowest BCUT2D eigenvalue weighted by molar-refractivity contribution is 0.223. The van der Waals surface area contributed by atoms with Crippen LogP contribution in [-0.4, -0.2) is 10.3 Å². The van der Waals surface area contributed by atoms with E-state index in [4.69, 9.17) is 4.98 Å². The molecule has 1 aliphatic rings. The maximum absolute atomic E-state index is 4.87. The third-order valence-corrected chi connectivity index (χ3v) is 6.08. The summed E-state index contributed by atoms with van der Waals surface area (Å²) in [6.45, 7) is 6.73. The molecule has 0 radical (unpaired) electrons. The van der Waals surface area contributed by atoms with Crippen LogP contribution in [0.15, 0.2) is 5.38 Å². The molecule has 1 saturated carbocycles. The van der Waals surface area contributed by atoms with Crippen molar-refractivity contribution in [1.29, 1.82) is 0 Å². The predicted octanol–water partition coefficient (Wildman–Crippen LogP) is 5.33. The number of hydrogen-bond acceptors (Lipinski definition) is 2. The van der Waals surface area contributed by atoms with Gasteiger partial charge in [0, 0.05) is 22.5 Å². The fourth-order valence-corrected chi connectivity index (χ4v) is 4.67. The number of nitrogens with zero attached hydrogens (tertiary/aromatic N) is 1. The molecule has 0 atom stereocenters. The number of hydrogen-bond donors (Lipinski definition) is 0. The van der Waals surface area contributed by atoms with Crippen molar-refractivity contribution in [2.75, 3.05) is 5.33 Å². The Morgan fingerprint density at radius 2 is 1.94 bits per heavy atom. The quantitative estimate of drug-likeness (QED) is 0.683. The van der Waals surface area contributed by atoms with E-state index in [0.29, 0.717) is 5.41 Å². The van der Waals surface area contributed by atoms with Crippen molar-refractivity contribution in [3.8, 4) is 0 Å². The monoisotopic (exact) mass is 329 g/mol. The van der Waals surface area contributed by atoms with Crippen LogP contribution in [0.1, 0.15) is 63.6 Å². The molecule has 0 unspecified atom stereocenters. The van der Waals surface area contributed by atoms with Gasteiger partial charge in [0.25, 0.3) is 0 Å². The topological polar surface area (TPSA) is 12.9 Å².